The van der Waals surface area contributed by atoms with Crippen LogP contribution in [0.1, 0.15) is 42.3 Å². The number of amides is 2. The Morgan fingerprint density at radius 3 is 2.22 bits per heavy atom. The number of halogens is 2. The van der Waals surface area contributed by atoms with Crippen molar-refractivity contribution in [1.29, 1.82) is 0 Å². The SMILES string of the molecule is Cc1cn(C)c(=O)n(-c2ccc(C[C@H](NC(=O)c3cc(F)c(NS(=O)(=O)c4ccc(NC(=O)C(C)(C)C)cc4)cc3F)C(=O)O)cn2)c1=O. The van der Waals surface area contributed by atoms with Crippen LogP contribution in [0.4, 0.5) is 20.2 Å². The molecule has 0 fully saturated rings. The van der Waals surface area contributed by atoms with Gasteiger partial charge in [-0.05, 0) is 48.9 Å². The molecule has 1 atom stereocenters. The Bertz CT molecular complexity index is 2140. The molecule has 2 aromatic heterocycles. The minimum atomic E-state index is -4.45. The van der Waals surface area contributed by atoms with E-state index in [0.717, 1.165) is 16.7 Å². The molecule has 2 aromatic carbocycles. The molecule has 0 aliphatic rings. The molecule has 4 rings (SSSR count). The summed E-state index contributed by atoms with van der Waals surface area (Å²) in [5.41, 5.74) is -2.81. The number of nitrogens with one attached hydrogen (secondary N) is 3. The molecule has 49 heavy (non-hydrogen) atoms. The first-order valence-electron chi connectivity index (χ1n) is 14.5. The van der Waals surface area contributed by atoms with Gasteiger partial charge in [0.1, 0.15) is 23.5 Å². The molecule has 0 radical (unpaired) electrons. The number of rotatable bonds is 10. The van der Waals surface area contributed by atoms with E-state index in [1.165, 1.54) is 55.2 Å². The van der Waals surface area contributed by atoms with E-state index in [2.05, 4.69) is 15.6 Å². The number of carbonyl (C=O) groups excluding carboxylic acids is 2. The Labute approximate surface area is 278 Å². The molecule has 17 heteroatoms. The number of carboxylic acids is 1. The molecule has 0 spiro atoms. The summed E-state index contributed by atoms with van der Waals surface area (Å²) in [5, 5.41) is 14.4. The number of nitrogens with zero attached hydrogens (tertiary/aromatic N) is 3. The van der Waals surface area contributed by atoms with Crippen molar-refractivity contribution < 1.29 is 36.7 Å². The van der Waals surface area contributed by atoms with Gasteiger partial charge in [-0.3, -0.25) is 19.1 Å². The number of pyridine rings is 1. The summed E-state index contributed by atoms with van der Waals surface area (Å²) in [6.45, 7) is 6.61. The van der Waals surface area contributed by atoms with Gasteiger partial charge in [0.05, 0.1) is 16.1 Å². The number of sulfonamides is 1. The first-order valence-corrected chi connectivity index (χ1v) is 16.0. The monoisotopic (exact) mass is 698 g/mol. The van der Waals surface area contributed by atoms with Crippen molar-refractivity contribution >= 4 is 39.2 Å². The summed E-state index contributed by atoms with van der Waals surface area (Å²) < 4.78 is 59.7. The Kier molecular flexibility index (Phi) is 10.2. The molecular formula is C32H32F2N6O8S. The number of carboxylic acid groups (broad SMARTS) is 1. The quantitative estimate of drug-likeness (QED) is 0.192. The van der Waals surface area contributed by atoms with Crippen LogP contribution >= 0.6 is 0 Å². The molecular weight excluding hydrogens is 666 g/mol. The minimum Gasteiger partial charge on any atom is -0.480 e. The lowest BCUT2D eigenvalue weighted by atomic mass is 9.95. The zero-order chi connectivity index (χ0) is 36.4. The van der Waals surface area contributed by atoms with Crippen LogP contribution in [0.5, 0.6) is 0 Å². The van der Waals surface area contributed by atoms with Crippen molar-refractivity contribution in [2.75, 3.05) is 10.0 Å². The molecule has 2 heterocycles. The fourth-order valence-electron chi connectivity index (χ4n) is 4.40. The van der Waals surface area contributed by atoms with Crippen LogP contribution in [0.2, 0.25) is 0 Å². The lowest BCUT2D eigenvalue weighted by Gasteiger charge is -2.18. The lowest BCUT2D eigenvalue weighted by Crippen LogP contribution is -2.42. The van der Waals surface area contributed by atoms with Crippen molar-refractivity contribution in [2.45, 2.75) is 45.1 Å². The molecule has 4 aromatic rings. The van der Waals surface area contributed by atoms with Crippen molar-refractivity contribution in [3.05, 3.63) is 110 Å². The Morgan fingerprint density at radius 2 is 1.65 bits per heavy atom. The van der Waals surface area contributed by atoms with Gasteiger partial charge in [0.25, 0.3) is 21.5 Å². The van der Waals surface area contributed by atoms with E-state index in [-0.39, 0.29) is 34.2 Å². The second-order valence-corrected chi connectivity index (χ2v) is 13.8. The predicted octanol–water partition coefficient (Wildman–Crippen LogP) is 2.73. The molecule has 0 bridgehead atoms. The second-order valence-electron chi connectivity index (χ2n) is 12.1. The maximum Gasteiger partial charge on any atom is 0.336 e. The number of hydrogen-bond donors (Lipinski definition) is 4. The van der Waals surface area contributed by atoms with Crippen molar-refractivity contribution in [1.82, 2.24) is 19.4 Å². The van der Waals surface area contributed by atoms with Gasteiger partial charge in [-0.2, -0.15) is 0 Å². The Hall–Kier alpha value is -5.71. The molecule has 4 N–H and O–H groups in total. The van der Waals surface area contributed by atoms with E-state index in [9.17, 15) is 41.9 Å². The number of aromatic nitrogens is 3. The third-order valence-electron chi connectivity index (χ3n) is 7.15. The molecule has 2 amide bonds. The summed E-state index contributed by atoms with van der Waals surface area (Å²) in [6.07, 6.45) is 2.20. The first kappa shape index (κ1) is 36.1. The maximum absolute atomic E-state index is 15.0. The van der Waals surface area contributed by atoms with Gasteiger partial charge < -0.3 is 20.3 Å². The van der Waals surface area contributed by atoms with Gasteiger partial charge in [0.15, 0.2) is 0 Å². The van der Waals surface area contributed by atoms with Gasteiger partial charge in [0, 0.05) is 48.6 Å². The summed E-state index contributed by atoms with van der Waals surface area (Å²) in [6, 6.07) is 6.84. The van der Waals surface area contributed by atoms with Gasteiger partial charge >= 0.3 is 11.7 Å². The largest absolute Gasteiger partial charge is 0.480 e. The first-order chi connectivity index (χ1) is 22.8. The molecule has 0 aliphatic heterocycles. The number of carbonyl (C=O) groups is 3. The number of aryl methyl sites for hydroxylation is 2. The van der Waals surface area contributed by atoms with Gasteiger partial charge in [-0.15, -0.1) is 0 Å². The topological polar surface area (TPSA) is 199 Å². The summed E-state index contributed by atoms with van der Waals surface area (Å²) in [7, 11) is -2.99. The van der Waals surface area contributed by atoms with Crippen LogP contribution in [-0.4, -0.2) is 51.5 Å². The molecule has 14 nitrogen and oxygen atoms in total. The molecule has 0 saturated carbocycles. The highest BCUT2D eigenvalue weighted by Gasteiger charge is 2.26. The van der Waals surface area contributed by atoms with Crippen molar-refractivity contribution in [3.63, 3.8) is 0 Å². The van der Waals surface area contributed by atoms with Crippen molar-refractivity contribution in [2.24, 2.45) is 12.5 Å². The van der Waals surface area contributed by atoms with E-state index < -0.39 is 67.5 Å². The second kappa shape index (κ2) is 13.8. The maximum atomic E-state index is 15.0. The average molecular weight is 699 g/mol. The summed E-state index contributed by atoms with van der Waals surface area (Å²) in [4.78, 5) is 65.7. The highest BCUT2D eigenvalue weighted by atomic mass is 32.2. The minimum absolute atomic E-state index is 0.0242. The molecule has 0 aliphatic carbocycles. The Balaban J connectivity index is 1.48. The highest BCUT2D eigenvalue weighted by Crippen LogP contribution is 2.25. The fraction of sp³-hybridized carbons (Fsp3) is 0.250. The van der Waals surface area contributed by atoms with Crippen LogP contribution < -0.4 is 26.6 Å². The van der Waals surface area contributed by atoms with E-state index >= 15 is 4.39 Å². The van der Waals surface area contributed by atoms with Gasteiger partial charge in [0.2, 0.25) is 5.91 Å². The normalized spacial score (nSPS) is 12.2. The van der Waals surface area contributed by atoms with Gasteiger partial charge in [-0.25, -0.2) is 36.3 Å². The highest BCUT2D eigenvalue weighted by molar-refractivity contribution is 7.92. The van der Waals surface area contributed by atoms with E-state index in [0.29, 0.717) is 17.8 Å². The van der Waals surface area contributed by atoms with Crippen LogP contribution in [0.25, 0.3) is 5.82 Å². The molecule has 258 valence electrons. The Morgan fingerprint density at radius 1 is 1.00 bits per heavy atom. The van der Waals surface area contributed by atoms with Crippen LogP contribution in [0.3, 0.4) is 0 Å². The zero-order valence-corrected chi connectivity index (χ0v) is 27.7. The van der Waals surface area contributed by atoms with Crippen LogP contribution in [0, 0.1) is 24.0 Å². The third-order valence-corrected chi connectivity index (χ3v) is 8.53. The lowest BCUT2D eigenvalue weighted by molar-refractivity contribution is -0.139. The number of aliphatic carboxylic acids is 1. The average Bonchev–Trinajstić information content (AvgIpc) is 3.01. The predicted molar refractivity (Wildman–Crippen MR) is 174 cm³/mol. The smallest absolute Gasteiger partial charge is 0.336 e. The summed E-state index contributed by atoms with van der Waals surface area (Å²) in [5.74, 6) is -5.83. The number of benzene rings is 2. The van der Waals surface area contributed by atoms with E-state index in [1.54, 1.807) is 20.8 Å². The van der Waals surface area contributed by atoms with Crippen molar-refractivity contribution in [3.8, 4) is 5.82 Å². The number of anilines is 2. The van der Waals surface area contributed by atoms with Crippen LogP contribution in [-0.2, 0) is 33.1 Å². The molecule has 0 unspecified atom stereocenters. The number of hydrogen-bond acceptors (Lipinski definition) is 8. The van der Waals surface area contributed by atoms with E-state index in [1.807, 2.05) is 4.72 Å². The van der Waals surface area contributed by atoms with Gasteiger partial charge in [-0.1, -0.05) is 26.8 Å². The summed E-state index contributed by atoms with van der Waals surface area (Å²) >= 11 is 0. The fourth-order valence-corrected chi connectivity index (χ4v) is 5.46. The molecule has 0 saturated heterocycles. The van der Waals surface area contributed by atoms with E-state index in [4.69, 9.17) is 0 Å². The zero-order valence-electron chi connectivity index (χ0n) is 26.9. The third kappa shape index (κ3) is 8.24. The standard InChI is InChI=1S/C32H32F2N6O8S/c1-17-16-39(5)31(46)40(28(17)42)26-11-6-18(15-35-26)12-25(29(43)44)37-27(41)21-13-23(34)24(14-22(21)33)38-49(47,48)20-9-7-19(8-10-20)36-30(45)32(2,3)4/h6-11,13-16,25,38H,12H2,1-5H3,(H,36,45)(H,37,41)(H,43,44)/t25-/m0/s1. The van der Waals surface area contributed by atoms with Crippen LogP contribution in [0.15, 0.2) is 75.4 Å².